The summed E-state index contributed by atoms with van der Waals surface area (Å²) in [5.74, 6) is -1.19. The van der Waals surface area contributed by atoms with Crippen LogP contribution in [0.3, 0.4) is 0 Å². The third kappa shape index (κ3) is 1.97. The number of hydrogen-bond donors (Lipinski definition) is 1. The molecule has 1 aliphatic rings. The minimum absolute atomic E-state index is 0.454. The molecule has 0 spiro atoms. The Morgan fingerprint density at radius 1 is 1.06 bits per heavy atom. The van der Waals surface area contributed by atoms with Crippen molar-refractivity contribution in [3.63, 3.8) is 0 Å². The third-order valence-electron chi connectivity index (χ3n) is 3.01. The van der Waals surface area contributed by atoms with Crippen LogP contribution in [0.5, 0.6) is 0 Å². The minimum atomic E-state index is -0.596. The fourth-order valence-electron chi connectivity index (χ4n) is 2.21. The highest BCUT2D eigenvalue weighted by Gasteiger charge is 2.17. The molecule has 1 N–H and O–H groups in total. The molecule has 2 aromatic rings. The quantitative estimate of drug-likeness (QED) is 0.838. The fraction of sp³-hybridized carbons (Fsp3) is 0.231. The second kappa shape index (κ2) is 4.42. The summed E-state index contributed by atoms with van der Waals surface area (Å²) in [7, 11) is 0. The lowest BCUT2D eigenvalue weighted by Crippen LogP contribution is -2.25. The summed E-state index contributed by atoms with van der Waals surface area (Å²) in [5, 5.41) is 3.21. The maximum atomic E-state index is 13.2. The number of benzene rings is 1. The minimum Gasteiger partial charge on any atom is -0.312 e. The number of nitrogens with zero attached hydrogens (tertiary/aromatic N) is 2. The van der Waals surface area contributed by atoms with Gasteiger partial charge in [0.2, 0.25) is 0 Å². The molecule has 1 aliphatic heterocycles. The summed E-state index contributed by atoms with van der Waals surface area (Å²) in [6.45, 7) is 1.49. The molecule has 0 saturated heterocycles. The van der Waals surface area contributed by atoms with Crippen LogP contribution in [0, 0.1) is 11.6 Å². The molecule has 3 rings (SSSR count). The van der Waals surface area contributed by atoms with E-state index in [9.17, 15) is 8.78 Å². The van der Waals surface area contributed by atoms with Crippen molar-refractivity contribution >= 4 is 0 Å². The van der Waals surface area contributed by atoms with E-state index >= 15 is 0 Å². The summed E-state index contributed by atoms with van der Waals surface area (Å²) in [6, 6.07) is 3.44. The Labute approximate surface area is 103 Å². The predicted octanol–water partition coefficient (Wildman–Crippen LogP) is 2.07. The zero-order valence-electron chi connectivity index (χ0n) is 9.58. The number of halogens is 2. The Balaban J connectivity index is 2.16. The molecular weight excluding hydrogens is 236 g/mol. The SMILES string of the molecule is Fc1cc(F)cc(-c2ncnc3c2CNCC3)c1. The molecule has 18 heavy (non-hydrogen) atoms. The van der Waals surface area contributed by atoms with Crippen molar-refractivity contribution in [2.24, 2.45) is 0 Å². The molecule has 92 valence electrons. The number of fused-ring (bicyclic) bond motifs is 1. The molecule has 0 aliphatic carbocycles. The Kier molecular flexibility index (Phi) is 2.76. The molecule has 0 atom stereocenters. The van der Waals surface area contributed by atoms with Crippen molar-refractivity contribution in [1.82, 2.24) is 15.3 Å². The monoisotopic (exact) mass is 247 g/mol. The Hall–Kier alpha value is -1.88. The lowest BCUT2D eigenvalue weighted by atomic mass is 10.0. The van der Waals surface area contributed by atoms with E-state index in [1.165, 1.54) is 18.5 Å². The van der Waals surface area contributed by atoms with Crippen LogP contribution in [0.1, 0.15) is 11.3 Å². The average molecular weight is 247 g/mol. The van der Waals surface area contributed by atoms with Crippen molar-refractivity contribution in [3.05, 3.63) is 47.4 Å². The number of rotatable bonds is 1. The van der Waals surface area contributed by atoms with Crippen LogP contribution in [0.2, 0.25) is 0 Å². The lowest BCUT2D eigenvalue weighted by molar-refractivity contribution is 0.583. The molecule has 5 heteroatoms. The van der Waals surface area contributed by atoms with Gasteiger partial charge in [0.1, 0.15) is 18.0 Å². The van der Waals surface area contributed by atoms with Gasteiger partial charge in [0, 0.05) is 36.7 Å². The van der Waals surface area contributed by atoms with Crippen molar-refractivity contribution < 1.29 is 8.78 Å². The highest BCUT2D eigenvalue weighted by molar-refractivity contribution is 5.64. The predicted molar refractivity (Wildman–Crippen MR) is 62.8 cm³/mol. The first kappa shape index (κ1) is 11.2. The zero-order chi connectivity index (χ0) is 12.5. The molecule has 0 unspecified atom stereocenters. The van der Waals surface area contributed by atoms with Crippen LogP contribution >= 0.6 is 0 Å². The largest absolute Gasteiger partial charge is 0.312 e. The summed E-state index contributed by atoms with van der Waals surface area (Å²) < 4.78 is 26.5. The van der Waals surface area contributed by atoms with E-state index in [1.54, 1.807) is 0 Å². The van der Waals surface area contributed by atoms with Gasteiger partial charge < -0.3 is 5.32 Å². The summed E-state index contributed by atoms with van der Waals surface area (Å²) in [4.78, 5) is 8.37. The molecular formula is C13H11F2N3. The summed E-state index contributed by atoms with van der Waals surface area (Å²) in [6.07, 6.45) is 2.25. The van der Waals surface area contributed by atoms with Gasteiger partial charge in [0.25, 0.3) is 0 Å². The number of hydrogen-bond acceptors (Lipinski definition) is 3. The smallest absolute Gasteiger partial charge is 0.126 e. The van der Waals surface area contributed by atoms with Crippen LogP contribution in [0.15, 0.2) is 24.5 Å². The normalized spacial score (nSPS) is 14.3. The molecule has 0 bridgehead atoms. The van der Waals surface area contributed by atoms with E-state index in [4.69, 9.17) is 0 Å². The van der Waals surface area contributed by atoms with E-state index in [-0.39, 0.29) is 0 Å². The van der Waals surface area contributed by atoms with Gasteiger partial charge in [0.15, 0.2) is 0 Å². The first-order chi connectivity index (χ1) is 8.74. The molecule has 2 heterocycles. The van der Waals surface area contributed by atoms with Crippen LogP contribution < -0.4 is 5.32 Å². The fourth-order valence-corrected chi connectivity index (χ4v) is 2.21. The zero-order valence-corrected chi connectivity index (χ0v) is 9.58. The maximum Gasteiger partial charge on any atom is 0.126 e. The van der Waals surface area contributed by atoms with Crippen LogP contribution in [0.4, 0.5) is 8.78 Å². The molecule has 1 aromatic carbocycles. The highest BCUT2D eigenvalue weighted by atomic mass is 19.1. The molecule has 0 saturated carbocycles. The number of nitrogens with one attached hydrogen (secondary N) is 1. The first-order valence-electron chi connectivity index (χ1n) is 5.74. The second-order valence-corrected chi connectivity index (χ2v) is 4.23. The van der Waals surface area contributed by atoms with Gasteiger partial charge in [-0.2, -0.15) is 0 Å². The molecule has 0 fully saturated rings. The standard InChI is InChI=1S/C13H11F2N3/c14-9-3-8(4-10(15)5-9)13-11-6-16-2-1-12(11)17-7-18-13/h3-5,7,16H,1-2,6H2. The third-order valence-corrected chi connectivity index (χ3v) is 3.01. The van der Waals surface area contributed by atoms with E-state index in [0.717, 1.165) is 30.3 Å². The molecule has 3 nitrogen and oxygen atoms in total. The van der Waals surface area contributed by atoms with Gasteiger partial charge in [0.05, 0.1) is 11.4 Å². The maximum absolute atomic E-state index is 13.2. The van der Waals surface area contributed by atoms with Crippen LogP contribution in [-0.4, -0.2) is 16.5 Å². The Morgan fingerprint density at radius 2 is 1.83 bits per heavy atom. The van der Waals surface area contributed by atoms with Crippen LogP contribution in [-0.2, 0) is 13.0 Å². The Bertz CT molecular complexity index is 579. The topological polar surface area (TPSA) is 37.8 Å². The van der Waals surface area contributed by atoms with E-state index < -0.39 is 11.6 Å². The summed E-state index contributed by atoms with van der Waals surface area (Å²) >= 11 is 0. The van der Waals surface area contributed by atoms with Crippen molar-refractivity contribution in [3.8, 4) is 11.3 Å². The summed E-state index contributed by atoms with van der Waals surface area (Å²) in [5.41, 5.74) is 2.93. The van der Waals surface area contributed by atoms with E-state index in [0.29, 0.717) is 17.8 Å². The highest BCUT2D eigenvalue weighted by Crippen LogP contribution is 2.26. The van der Waals surface area contributed by atoms with Gasteiger partial charge >= 0.3 is 0 Å². The lowest BCUT2D eigenvalue weighted by Gasteiger charge is -2.18. The van der Waals surface area contributed by atoms with Gasteiger partial charge in [-0.1, -0.05) is 0 Å². The van der Waals surface area contributed by atoms with Crippen LogP contribution in [0.25, 0.3) is 11.3 Å². The van der Waals surface area contributed by atoms with E-state index in [2.05, 4.69) is 15.3 Å². The molecule has 1 aromatic heterocycles. The van der Waals surface area contributed by atoms with Gasteiger partial charge in [-0.25, -0.2) is 18.7 Å². The second-order valence-electron chi connectivity index (χ2n) is 4.23. The van der Waals surface area contributed by atoms with Crippen molar-refractivity contribution in [2.75, 3.05) is 6.54 Å². The van der Waals surface area contributed by atoms with E-state index in [1.807, 2.05) is 0 Å². The number of aromatic nitrogens is 2. The van der Waals surface area contributed by atoms with Crippen molar-refractivity contribution in [2.45, 2.75) is 13.0 Å². The average Bonchev–Trinajstić information content (AvgIpc) is 2.37. The van der Waals surface area contributed by atoms with Gasteiger partial charge in [-0.3, -0.25) is 0 Å². The van der Waals surface area contributed by atoms with Gasteiger partial charge in [-0.15, -0.1) is 0 Å². The molecule has 0 amide bonds. The Morgan fingerprint density at radius 3 is 2.61 bits per heavy atom. The first-order valence-corrected chi connectivity index (χ1v) is 5.74. The molecule has 0 radical (unpaired) electrons. The van der Waals surface area contributed by atoms with Gasteiger partial charge in [-0.05, 0) is 12.1 Å². The van der Waals surface area contributed by atoms with Crippen molar-refractivity contribution in [1.29, 1.82) is 0 Å².